The second-order valence-corrected chi connectivity index (χ2v) is 8.03. The summed E-state index contributed by atoms with van der Waals surface area (Å²) in [6, 6.07) is 12.8. The highest BCUT2D eigenvalue weighted by Gasteiger charge is 2.25. The zero-order chi connectivity index (χ0) is 20.1. The van der Waals surface area contributed by atoms with Crippen LogP contribution >= 0.6 is 0 Å². The molecule has 1 aromatic heterocycles. The molecule has 2 aliphatic rings. The molecule has 3 aromatic carbocycles. The number of ether oxygens (including phenoxy) is 4. The maximum Gasteiger partial charge on any atom is 0.231 e. The van der Waals surface area contributed by atoms with Gasteiger partial charge in [-0.1, -0.05) is 25.8 Å². The van der Waals surface area contributed by atoms with Crippen molar-refractivity contribution < 1.29 is 23.5 Å². The molecule has 5 nitrogen and oxygen atoms in total. The van der Waals surface area contributed by atoms with Crippen molar-refractivity contribution in [3.05, 3.63) is 42.6 Å². The zero-order valence-corrected chi connectivity index (χ0v) is 17.1. The van der Waals surface area contributed by atoms with Gasteiger partial charge in [0.15, 0.2) is 29.2 Å². The average Bonchev–Trinajstić information content (AvgIpc) is 3.43. The second kappa shape index (κ2) is 6.94. The minimum absolute atomic E-state index is 0.282. The Morgan fingerprint density at radius 3 is 2.43 bits per heavy atom. The summed E-state index contributed by atoms with van der Waals surface area (Å²) in [5.41, 5.74) is 1.23. The van der Waals surface area contributed by atoms with Crippen LogP contribution in [0, 0.1) is 0 Å². The molecule has 152 valence electrons. The average molecular weight is 402 g/mol. The number of pyridine rings is 1. The highest BCUT2D eigenvalue weighted by Crippen LogP contribution is 2.43. The van der Waals surface area contributed by atoms with Crippen molar-refractivity contribution >= 4 is 32.4 Å². The highest BCUT2D eigenvalue weighted by atomic mass is 16.7. The van der Waals surface area contributed by atoms with E-state index in [4.69, 9.17) is 18.9 Å². The molecule has 2 aliphatic heterocycles. The van der Waals surface area contributed by atoms with E-state index in [1.807, 2.05) is 6.07 Å². The number of benzene rings is 3. The lowest BCUT2D eigenvalue weighted by molar-refractivity contribution is -0.669. The van der Waals surface area contributed by atoms with Crippen LogP contribution in [0.3, 0.4) is 0 Å². The first-order valence-corrected chi connectivity index (χ1v) is 10.7. The summed E-state index contributed by atoms with van der Waals surface area (Å²) < 4.78 is 25.1. The SMILES string of the molecule is CCCCCC[n+]1cc2c3c(ccc2c2ccc4cc5c(cc4c21)OCO5)OCO3. The third-order valence-electron chi connectivity index (χ3n) is 6.18. The van der Waals surface area contributed by atoms with Gasteiger partial charge in [0, 0.05) is 11.8 Å². The van der Waals surface area contributed by atoms with E-state index >= 15 is 0 Å². The van der Waals surface area contributed by atoms with E-state index in [-0.39, 0.29) is 13.6 Å². The number of unbranched alkanes of at least 4 members (excludes halogenated alkanes) is 3. The van der Waals surface area contributed by atoms with Crippen LogP contribution in [0.5, 0.6) is 23.0 Å². The fraction of sp³-hybridized carbons (Fsp3) is 0.320. The fourth-order valence-corrected chi connectivity index (χ4v) is 4.69. The van der Waals surface area contributed by atoms with Crippen molar-refractivity contribution in [2.24, 2.45) is 0 Å². The maximum atomic E-state index is 5.83. The summed E-state index contributed by atoms with van der Waals surface area (Å²) in [6.45, 7) is 3.77. The first-order chi connectivity index (χ1) is 14.8. The molecule has 5 heteroatoms. The Kier molecular flexibility index (Phi) is 4.08. The second-order valence-electron chi connectivity index (χ2n) is 8.03. The summed E-state index contributed by atoms with van der Waals surface area (Å²) in [4.78, 5) is 0. The molecule has 0 atom stereocenters. The van der Waals surface area contributed by atoms with Gasteiger partial charge in [-0.3, -0.25) is 0 Å². The van der Waals surface area contributed by atoms with Gasteiger partial charge in [-0.15, -0.1) is 0 Å². The van der Waals surface area contributed by atoms with E-state index < -0.39 is 0 Å². The fourth-order valence-electron chi connectivity index (χ4n) is 4.69. The molecule has 0 amide bonds. The van der Waals surface area contributed by atoms with Gasteiger partial charge in [-0.05, 0) is 42.1 Å². The number of hydrogen-bond acceptors (Lipinski definition) is 4. The summed E-state index contributed by atoms with van der Waals surface area (Å²) in [5.74, 6) is 3.31. The van der Waals surface area contributed by atoms with Gasteiger partial charge < -0.3 is 18.9 Å². The van der Waals surface area contributed by atoms with Crippen LogP contribution in [0.25, 0.3) is 32.4 Å². The number of nitrogens with zero attached hydrogens (tertiary/aromatic N) is 1. The van der Waals surface area contributed by atoms with E-state index in [9.17, 15) is 0 Å². The van der Waals surface area contributed by atoms with Gasteiger partial charge in [-0.2, -0.15) is 4.57 Å². The van der Waals surface area contributed by atoms with E-state index in [0.29, 0.717) is 0 Å². The molecule has 3 heterocycles. The van der Waals surface area contributed by atoms with Crippen molar-refractivity contribution in [1.29, 1.82) is 0 Å². The van der Waals surface area contributed by atoms with Crippen LogP contribution in [0.2, 0.25) is 0 Å². The number of fused-ring (bicyclic) bond motifs is 8. The van der Waals surface area contributed by atoms with E-state index in [0.717, 1.165) is 46.7 Å². The monoisotopic (exact) mass is 402 g/mol. The van der Waals surface area contributed by atoms with Crippen LogP contribution < -0.4 is 23.5 Å². The molecule has 0 spiro atoms. The molecule has 0 N–H and O–H groups in total. The Morgan fingerprint density at radius 2 is 1.53 bits per heavy atom. The predicted octanol–water partition coefficient (Wildman–Crippen LogP) is 5.47. The minimum atomic E-state index is 0.282. The first-order valence-electron chi connectivity index (χ1n) is 10.7. The molecule has 6 rings (SSSR count). The third kappa shape index (κ3) is 2.65. The van der Waals surface area contributed by atoms with Crippen LogP contribution in [0.1, 0.15) is 32.6 Å². The lowest BCUT2D eigenvalue weighted by Gasteiger charge is -2.10. The lowest BCUT2D eigenvalue weighted by Crippen LogP contribution is -2.34. The van der Waals surface area contributed by atoms with E-state index in [1.165, 1.54) is 40.9 Å². The third-order valence-corrected chi connectivity index (χ3v) is 6.18. The van der Waals surface area contributed by atoms with E-state index in [2.05, 4.69) is 48.0 Å². The van der Waals surface area contributed by atoms with Crippen LogP contribution in [0.4, 0.5) is 0 Å². The van der Waals surface area contributed by atoms with Crippen molar-refractivity contribution in [3.8, 4) is 23.0 Å². The summed E-state index contributed by atoms with van der Waals surface area (Å²) in [6.07, 6.45) is 7.10. The Balaban J connectivity index is 1.64. The summed E-state index contributed by atoms with van der Waals surface area (Å²) in [5, 5.41) is 5.85. The smallest absolute Gasteiger partial charge is 0.231 e. The molecule has 0 aliphatic carbocycles. The molecular weight excluding hydrogens is 378 g/mol. The van der Waals surface area contributed by atoms with Crippen molar-refractivity contribution in [2.45, 2.75) is 39.2 Å². The van der Waals surface area contributed by atoms with Crippen molar-refractivity contribution in [3.63, 3.8) is 0 Å². The van der Waals surface area contributed by atoms with Gasteiger partial charge in [-0.25, -0.2) is 0 Å². The molecule has 30 heavy (non-hydrogen) atoms. The molecule has 0 saturated carbocycles. The normalized spacial score (nSPS) is 14.3. The topological polar surface area (TPSA) is 40.8 Å². The Morgan fingerprint density at radius 1 is 0.733 bits per heavy atom. The molecule has 0 radical (unpaired) electrons. The Labute approximate surface area is 174 Å². The number of hydrogen-bond donors (Lipinski definition) is 0. The lowest BCUT2D eigenvalue weighted by atomic mass is 9.99. The first kappa shape index (κ1) is 17.6. The highest BCUT2D eigenvalue weighted by molar-refractivity contribution is 6.15. The van der Waals surface area contributed by atoms with Crippen LogP contribution in [0.15, 0.2) is 42.6 Å². The quantitative estimate of drug-likeness (QED) is 0.252. The molecule has 0 bridgehead atoms. The minimum Gasteiger partial charge on any atom is -0.454 e. The Bertz CT molecular complexity index is 1300. The van der Waals surface area contributed by atoms with Gasteiger partial charge in [0.25, 0.3) is 0 Å². The van der Waals surface area contributed by atoms with Crippen LogP contribution in [-0.4, -0.2) is 13.6 Å². The molecular formula is C25H24NO4+. The number of rotatable bonds is 5. The predicted molar refractivity (Wildman–Crippen MR) is 116 cm³/mol. The largest absolute Gasteiger partial charge is 0.454 e. The molecule has 0 fully saturated rings. The summed E-state index contributed by atoms with van der Waals surface area (Å²) >= 11 is 0. The standard InChI is InChI=1S/C25H24NO4/c1-2-3-4-5-10-26-13-20-17(8-9-21-25(20)30-15-27-21)18-7-6-16-11-22-23(29-14-28-22)12-19(16)24(18)26/h6-9,11-13H,2-5,10,14-15H2,1H3/q+1. The zero-order valence-electron chi connectivity index (χ0n) is 17.1. The van der Waals surface area contributed by atoms with Crippen molar-refractivity contribution in [2.75, 3.05) is 13.6 Å². The molecule has 0 unspecified atom stereocenters. The maximum absolute atomic E-state index is 5.83. The molecule has 0 saturated heterocycles. The van der Waals surface area contributed by atoms with Crippen LogP contribution in [-0.2, 0) is 6.54 Å². The van der Waals surface area contributed by atoms with E-state index in [1.54, 1.807) is 0 Å². The van der Waals surface area contributed by atoms with Gasteiger partial charge in [0.1, 0.15) is 6.54 Å². The van der Waals surface area contributed by atoms with Gasteiger partial charge in [0.05, 0.1) is 16.2 Å². The molecule has 4 aromatic rings. The Hall–Kier alpha value is -3.21. The van der Waals surface area contributed by atoms with Crippen molar-refractivity contribution in [1.82, 2.24) is 0 Å². The van der Waals surface area contributed by atoms with Gasteiger partial charge >= 0.3 is 0 Å². The number of aryl methyl sites for hydroxylation is 1. The number of aromatic nitrogens is 1. The summed E-state index contributed by atoms with van der Waals surface area (Å²) in [7, 11) is 0. The van der Waals surface area contributed by atoms with Gasteiger partial charge in [0.2, 0.25) is 19.1 Å².